The number of pyridine rings is 1. The van der Waals surface area contributed by atoms with Crippen molar-refractivity contribution < 1.29 is 14.0 Å². The zero-order valence-electron chi connectivity index (χ0n) is 11.0. The van der Waals surface area contributed by atoms with Crippen LogP contribution in [-0.2, 0) is 9.63 Å². The molecule has 1 amide bonds. The normalized spacial score (nSPS) is 17.0. The van der Waals surface area contributed by atoms with Crippen molar-refractivity contribution in [3.8, 4) is 0 Å². The highest BCUT2D eigenvalue weighted by molar-refractivity contribution is 6.06. The number of nitrogens with zero attached hydrogens (tertiary/aromatic N) is 2. The third-order valence-corrected chi connectivity index (χ3v) is 3.08. The number of carbonyl (C=O) groups is 1. The lowest BCUT2D eigenvalue weighted by atomic mass is 10.0. The van der Waals surface area contributed by atoms with Crippen LogP contribution in [0.2, 0.25) is 0 Å². The van der Waals surface area contributed by atoms with Gasteiger partial charge in [-0.25, -0.2) is 4.39 Å². The van der Waals surface area contributed by atoms with Gasteiger partial charge >= 0.3 is 0 Å². The lowest BCUT2D eigenvalue weighted by Crippen LogP contribution is -2.28. The number of hydrogen-bond acceptors (Lipinski definition) is 4. The molecule has 2 heterocycles. The van der Waals surface area contributed by atoms with Gasteiger partial charge in [-0.05, 0) is 18.2 Å². The summed E-state index contributed by atoms with van der Waals surface area (Å²) in [6, 6.07) is 9.70. The highest BCUT2D eigenvalue weighted by atomic mass is 19.1. The minimum absolute atomic E-state index is 0.229. The Morgan fingerprint density at radius 1 is 1.29 bits per heavy atom. The molecule has 1 aliphatic heterocycles. The van der Waals surface area contributed by atoms with Crippen molar-refractivity contribution in [2.24, 2.45) is 5.16 Å². The number of anilines is 1. The second-order valence-electron chi connectivity index (χ2n) is 4.55. The molecule has 0 fully saturated rings. The summed E-state index contributed by atoms with van der Waals surface area (Å²) in [5.41, 5.74) is 1.36. The molecule has 0 aliphatic carbocycles. The van der Waals surface area contributed by atoms with E-state index in [2.05, 4.69) is 15.5 Å². The Balaban J connectivity index is 1.66. The zero-order valence-corrected chi connectivity index (χ0v) is 11.0. The summed E-state index contributed by atoms with van der Waals surface area (Å²) in [6.45, 7) is 0. The Morgan fingerprint density at radius 3 is 2.90 bits per heavy atom. The fraction of sp³-hybridized carbons (Fsp3) is 0.133. The molecule has 6 heteroatoms. The molecule has 21 heavy (non-hydrogen) atoms. The molecule has 106 valence electrons. The number of amides is 1. The molecule has 0 spiro atoms. The van der Waals surface area contributed by atoms with Gasteiger partial charge in [0.25, 0.3) is 5.91 Å². The Morgan fingerprint density at radius 2 is 2.14 bits per heavy atom. The van der Waals surface area contributed by atoms with Crippen molar-refractivity contribution >= 4 is 17.3 Å². The van der Waals surface area contributed by atoms with Crippen LogP contribution in [-0.4, -0.2) is 22.7 Å². The van der Waals surface area contributed by atoms with Gasteiger partial charge in [-0.15, -0.1) is 0 Å². The molecule has 0 radical (unpaired) electrons. The topological polar surface area (TPSA) is 63.6 Å². The number of aromatic nitrogens is 1. The van der Waals surface area contributed by atoms with Gasteiger partial charge in [-0.2, -0.15) is 0 Å². The summed E-state index contributed by atoms with van der Waals surface area (Å²) in [5.74, 6) is -0.716. The quantitative estimate of drug-likeness (QED) is 0.941. The van der Waals surface area contributed by atoms with E-state index in [-0.39, 0.29) is 18.1 Å². The van der Waals surface area contributed by atoms with E-state index in [4.69, 9.17) is 4.84 Å². The Hall–Kier alpha value is -2.76. The minimum Gasteiger partial charge on any atom is -0.382 e. The van der Waals surface area contributed by atoms with E-state index in [0.717, 1.165) is 0 Å². The molecule has 1 aromatic heterocycles. The first-order valence-electron chi connectivity index (χ1n) is 6.42. The van der Waals surface area contributed by atoms with Crippen molar-refractivity contribution in [2.45, 2.75) is 12.5 Å². The van der Waals surface area contributed by atoms with Gasteiger partial charge in [0.15, 0.2) is 0 Å². The monoisotopic (exact) mass is 285 g/mol. The average Bonchev–Trinajstić information content (AvgIpc) is 2.98. The predicted molar refractivity (Wildman–Crippen MR) is 75.3 cm³/mol. The molecule has 5 nitrogen and oxygen atoms in total. The summed E-state index contributed by atoms with van der Waals surface area (Å²) >= 11 is 0. The van der Waals surface area contributed by atoms with E-state index in [1.807, 2.05) is 0 Å². The Kier molecular flexibility index (Phi) is 3.59. The van der Waals surface area contributed by atoms with Gasteiger partial charge in [-0.3, -0.25) is 9.78 Å². The van der Waals surface area contributed by atoms with Crippen LogP contribution in [0.3, 0.4) is 0 Å². The fourth-order valence-corrected chi connectivity index (χ4v) is 2.03. The maximum Gasteiger partial charge on any atom is 0.268 e. The lowest BCUT2D eigenvalue weighted by molar-refractivity contribution is -0.125. The smallest absolute Gasteiger partial charge is 0.268 e. The number of nitrogens with one attached hydrogen (secondary N) is 1. The number of hydrogen-bond donors (Lipinski definition) is 1. The van der Waals surface area contributed by atoms with Crippen molar-refractivity contribution in [1.29, 1.82) is 0 Å². The van der Waals surface area contributed by atoms with E-state index in [0.29, 0.717) is 17.0 Å². The second-order valence-corrected chi connectivity index (χ2v) is 4.55. The number of benzene rings is 1. The van der Waals surface area contributed by atoms with Crippen LogP contribution >= 0.6 is 0 Å². The van der Waals surface area contributed by atoms with Crippen LogP contribution in [0.4, 0.5) is 10.1 Å². The number of halogens is 1. The van der Waals surface area contributed by atoms with E-state index in [1.54, 1.807) is 36.5 Å². The molecular weight excluding hydrogens is 273 g/mol. The van der Waals surface area contributed by atoms with Gasteiger partial charge in [0, 0.05) is 18.2 Å². The Bertz CT molecular complexity index is 688. The van der Waals surface area contributed by atoms with Gasteiger partial charge < -0.3 is 10.2 Å². The molecule has 0 saturated carbocycles. The summed E-state index contributed by atoms with van der Waals surface area (Å²) in [6.07, 6.45) is 2.61. The van der Waals surface area contributed by atoms with Crippen molar-refractivity contribution in [2.75, 3.05) is 5.32 Å². The highest BCUT2D eigenvalue weighted by Gasteiger charge is 2.29. The molecule has 1 aromatic carbocycles. The van der Waals surface area contributed by atoms with Crippen LogP contribution in [0.5, 0.6) is 0 Å². The average molecular weight is 285 g/mol. The second kappa shape index (κ2) is 5.70. The van der Waals surface area contributed by atoms with Crippen LogP contribution < -0.4 is 5.32 Å². The van der Waals surface area contributed by atoms with Crippen molar-refractivity contribution in [1.82, 2.24) is 4.98 Å². The highest BCUT2D eigenvalue weighted by Crippen LogP contribution is 2.20. The number of carbonyl (C=O) groups excluding carboxylic acids is 1. The standard InChI is InChI=1S/C15H12FN3O2/c16-12-6-2-1-5-11(12)13-8-14(21-19-13)15(20)18-10-4-3-7-17-9-10/h1-7,9,14H,8H2,(H,18,20)/t14-/m1/s1. The zero-order chi connectivity index (χ0) is 14.7. The van der Waals surface area contributed by atoms with Gasteiger partial charge in [0.1, 0.15) is 5.82 Å². The van der Waals surface area contributed by atoms with Gasteiger partial charge in [0.05, 0.1) is 17.6 Å². The molecular formula is C15H12FN3O2. The number of rotatable bonds is 3. The molecule has 0 bridgehead atoms. The molecule has 2 aromatic rings. The predicted octanol–water partition coefficient (Wildman–Crippen LogP) is 2.35. The molecule has 1 atom stereocenters. The summed E-state index contributed by atoms with van der Waals surface area (Å²) < 4.78 is 13.7. The van der Waals surface area contributed by atoms with Crippen molar-refractivity contribution in [3.63, 3.8) is 0 Å². The molecule has 0 unspecified atom stereocenters. The minimum atomic E-state index is -0.764. The summed E-state index contributed by atoms with van der Waals surface area (Å²) in [5, 5.41) is 6.49. The third kappa shape index (κ3) is 2.89. The van der Waals surface area contributed by atoms with Crippen LogP contribution in [0.15, 0.2) is 53.9 Å². The summed E-state index contributed by atoms with van der Waals surface area (Å²) in [7, 11) is 0. The fourth-order valence-electron chi connectivity index (χ4n) is 2.03. The maximum atomic E-state index is 13.7. The summed E-state index contributed by atoms with van der Waals surface area (Å²) in [4.78, 5) is 21.0. The Labute approximate surface area is 120 Å². The van der Waals surface area contributed by atoms with E-state index in [1.165, 1.54) is 12.3 Å². The van der Waals surface area contributed by atoms with Crippen LogP contribution in [0.25, 0.3) is 0 Å². The van der Waals surface area contributed by atoms with Crippen LogP contribution in [0.1, 0.15) is 12.0 Å². The first kappa shape index (κ1) is 13.2. The van der Waals surface area contributed by atoms with Crippen molar-refractivity contribution in [3.05, 3.63) is 60.2 Å². The van der Waals surface area contributed by atoms with E-state index in [9.17, 15) is 9.18 Å². The molecule has 3 rings (SSSR count). The van der Waals surface area contributed by atoms with Gasteiger partial charge in [0.2, 0.25) is 6.10 Å². The molecule has 0 saturated heterocycles. The largest absolute Gasteiger partial charge is 0.382 e. The van der Waals surface area contributed by atoms with E-state index >= 15 is 0 Å². The van der Waals surface area contributed by atoms with Gasteiger partial charge in [-0.1, -0.05) is 23.4 Å². The maximum absolute atomic E-state index is 13.7. The number of oxime groups is 1. The SMILES string of the molecule is O=C(Nc1cccnc1)[C@H]1CC(c2ccccc2F)=NO1. The first-order chi connectivity index (χ1) is 10.2. The third-order valence-electron chi connectivity index (χ3n) is 3.08. The lowest BCUT2D eigenvalue weighted by Gasteiger charge is -2.08. The molecule has 1 aliphatic rings. The van der Waals surface area contributed by atoms with E-state index < -0.39 is 6.10 Å². The van der Waals surface area contributed by atoms with Crippen LogP contribution in [0, 0.1) is 5.82 Å². The first-order valence-corrected chi connectivity index (χ1v) is 6.42. The molecule has 1 N–H and O–H groups in total.